The SMILES string of the molecule is COc1cc(CN2CC[C@@H](Nc3cnccn3)C2)cc(OC)c1. The fraction of sp³-hybridized carbons (Fsp3) is 0.412. The van der Waals surface area contributed by atoms with E-state index in [9.17, 15) is 0 Å². The minimum Gasteiger partial charge on any atom is -0.497 e. The number of aromatic nitrogens is 2. The molecule has 1 aromatic heterocycles. The average molecular weight is 314 g/mol. The zero-order valence-electron chi connectivity index (χ0n) is 13.5. The molecule has 1 atom stereocenters. The van der Waals surface area contributed by atoms with Crippen molar-refractivity contribution >= 4 is 5.82 Å². The Morgan fingerprint density at radius 1 is 1.17 bits per heavy atom. The summed E-state index contributed by atoms with van der Waals surface area (Å²) in [6.07, 6.45) is 6.24. The summed E-state index contributed by atoms with van der Waals surface area (Å²) in [6, 6.07) is 6.42. The van der Waals surface area contributed by atoms with Gasteiger partial charge < -0.3 is 14.8 Å². The average Bonchev–Trinajstić information content (AvgIpc) is 3.02. The summed E-state index contributed by atoms with van der Waals surface area (Å²) in [5.74, 6) is 2.49. The smallest absolute Gasteiger partial charge is 0.144 e. The predicted molar refractivity (Wildman–Crippen MR) is 88.9 cm³/mol. The first-order valence-electron chi connectivity index (χ1n) is 7.73. The van der Waals surface area contributed by atoms with Gasteiger partial charge in [-0.25, -0.2) is 4.98 Å². The van der Waals surface area contributed by atoms with Crippen LogP contribution in [0.5, 0.6) is 11.5 Å². The van der Waals surface area contributed by atoms with Crippen LogP contribution in [0.15, 0.2) is 36.8 Å². The second-order valence-corrected chi connectivity index (χ2v) is 5.68. The standard InChI is InChI=1S/C17H22N4O2/c1-22-15-7-13(8-16(9-15)23-2)11-21-6-3-14(12-21)20-17-10-18-4-5-19-17/h4-5,7-10,14H,3,6,11-12H2,1-2H3,(H,19,20)/t14-/m1/s1. The predicted octanol–water partition coefficient (Wildman–Crippen LogP) is 2.18. The number of nitrogens with one attached hydrogen (secondary N) is 1. The van der Waals surface area contributed by atoms with Crippen molar-refractivity contribution in [1.82, 2.24) is 14.9 Å². The number of hydrogen-bond donors (Lipinski definition) is 1. The Balaban J connectivity index is 1.59. The highest BCUT2D eigenvalue weighted by atomic mass is 16.5. The van der Waals surface area contributed by atoms with E-state index in [1.807, 2.05) is 6.07 Å². The molecular formula is C17H22N4O2. The maximum atomic E-state index is 5.34. The molecule has 1 aromatic carbocycles. The molecule has 2 aromatic rings. The van der Waals surface area contributed by atoms with Gasteiger partial charge in [-0.3, -0.25) is 9.88 Å². The maximum Gasteiger partial charge on any atom is 0.144 e. The summed E-state index contributed by atoms with van der Waals surface area (Å²) in [6.45, 7) is 2.92. The molecule has 1 N–H and O–H groups in total. The van der Waals surface area contributed by atoms with E-state index in [2.05, 4.69) is 32.3 Å². The van der Waals surface area contributed by atoms with E-state index >= 15 is 0 Å². The third-order valence-corrected chi connectivity index (χ3v) is 4.00. The number of ether oxygens (including phenoxy) is 2. The first-order chi connectivity index (χ1) is 11.3. The van der Waals surface area contributed by atoms with Crippen LogP contribution in [-0.4, -0.2) is 48.2 Å². The second kappa shape index (κ2) is 7.28. The summed E-state index contributed by atoms with van der Waals surface area (Å²) < 4.78 is 10.7. The second-order valence-electron chi connectivity index (χ2n) is 5.68. The van der Waals surface area contributed by atoms with Crippen molar-refractivity contribution in [1.29, 1.82) is 0 Å². The fourth-order valence-electron chi connectivity index (χ4n) is 2.89. The minimum atomic E-state index is 0.402. The molecule has 122 valence electrons. The monoisotopic (exact) mass is 314 g/mol. The minimum absolute atomic E-state index is 0.402. The van der Waals surface area contributed by atoms with Crippen LogP contribution in [0.3, 0.4) is 0 Å². The summed E-state index contributed by atoms with van der Waals surface area (Å²) in [5.41, 5.74) is 1.20. The van der Waals surface area contributed by atoms with Crippen molar-refractivity contribution in [2.75, 3.05) is 32.6 Å². The molecule has 0 radical (unpaired) electrons. The Kier molecular flexibility index (Phi) is 4.92. The first-order valence-corrected chi connectivity index (χ1v) is 7.73. The molecule has 0 amide bonds. The molecule has 0 aliphatic carbocycles. The van der Waals surface area contributed by atoms with Crippen LogP contribution < -0.4 is 14.8 Å². The van der Waals surface area contributed by atoms with Gasteiger partial charge in [-0.15, -0.1) is 0 Å². The molecule has 2 heterocycles. The molecule has 1 aliphatic rings. The number of anilines is 1. The zero-order valence-corrected chi connectivity index (χ0v) is 13.5. The maximum absolute atomic E-state index is 5.34. The van der Waals surface area contributed by atoms with Crippen molar-refractivity contribution < 1.29 is 9.47 Å². The molecule has 0 spiro atoms. The molecule has 1 aliphatic heterocycles. The molecule has 6 heteroatoms. The lowest BCUT2D eigenvalue weighted by Gasteiger charge is -2.18. The number of likely N-dealkylation sites (tertiary alicyclic amines) is 1. The Bertz CT molecular complexity index is 613. The van der Waals surface area contributed by atoms with E-state index in [1.54, 1.807) is 32.8 Å². The Morgan fingerprint density at radius 3 is 2.61 bits per heavy atom. The van der Waals surface area contributed by atoms with E-state index in [1.165, 1.54) is 5.56 Å². The molecule has 6 nitrogen and oxygen atoms in total. The van der Waals surface area contributed by atoms with E-state index in [0.717, 1.165) is 43.4 Å². The van der Waals surface area contributed by atoms with Crippen molar-refractivity contribution in [2.24, 2.45) is 0 Å². The van der Waals surface area contributed by atoms with Crippen LogP contribution in [0.1, 0.15) is 12.0 Å². The third kappa shape index (κ3) is 4.10. The number of methoxy groups -OCH3 is 2. The van der Waals surface area contributed by atoms with Crippen LogP contribution in [0, 0.1) is 0 Å². The molecule has 1 saturated heterocycles. The van der Waals surface area contributed by atoms with E-state index in [0.29, 0.717) is 6.04 Å². The van der Waals surface area contributed by atoms with Crippen molar-refractivity contribution in [3.05, 3.63) is 42.4 Å². The van der Waals surface area contributed by atoms with Gasteiger partial charge in [0.05, 0.1) is 20.4 Å². The first kappa shape index (κ1) is 15.6. The fourth-order valence-corrected chi connectivity index (χ4v) is 2.89. The Morgan fingerprint density at radius 2 is 1.96 bits per heavy atom. The lowest BCUT2D eigenvalue weighted by atomic mass is 10.2. The van der Waals surface area contributed by atoms with Crippen molar-refractivity contribution in [3.8, 4) is 11.5 Å². The summed E-state index contributed by atoms with van der Waals surface area (Å²) in [5, 5.41) is 3.44. The molecule has 0 bridgehead atoms. The van der Waals surface area contributed by atoms with Crippen LogP contribution >= 0.6 is 0 Å². The lowest BCUT2D eigenvalue weighted by molar-refractivity contribution is 0.326. The molecule has 23 heavy (non-hydrogen) atoms. The molecule has 3 rings (SSSR count). The van der Waals surface area contributed by atoms with Crippen LogP contribution in [0.4, 0.5) is 5.82 Å². The normalized spacial score (nSPS) is 17.9. The molecular weight excluding hydrogens is 292 g/mol. The number of nitrogens with zero attached hydrogens (tertiary/aromatic N) is 3. The van der Waals surface area contributed by atoms with E-state index in [-0.39, 0.29) is 0 Å². The van der Waals surface area contributed by atoms with Crippen LogP contribution in [0.2, 0.25) is 0 Å². The summed E-state index contributed by atoms with van der Waals surface area (Å²) in [7, 11) is 3.35. The van der Waals surface area contributed by atoms with Gasteiger partial charge in [0.2, 0.25) is 0 Å². The Hall–Kier alpha value is -2.34. The highest BCUT2D eigenvalue weighted by Gasteiger charge is 2.22. The quantitative estimate of drug-likeness (QED) is 0.882. The zero-order chi connectivity index (χ0) is 16.1. The number of hydrogen-bond acceptors (Lipinski definition) is 6. The summed E-state index contributed by atoms with van der Waals surface area (Å²) in [4.78, 5) is 10.8. The van der Waals surface area contributed by atoms with Gasteiger partial charge in [-0.2, -0.15) is 0 Å². The molecule has 0 unspecified atom stereocenters. The summed E-state index contributed by atoms with van der Waals surface area (Å²) >= 11 is 0. The largest absolute Gasteiger partial charge is 0.497 e. The van der Waals surface area contributed by atoms with E-state index < -0.39 is 0 Å². The van der Waals surface area contributed by atoms with E-state index in [4.69, 9.17) is 9.47 Å². The van der Waals surface area contributed by atoms with Gasteiger partial charge in [-0.1, -0.05) is 0 Å². The highest BCUT2D eigenvalue weighted by molar-refractivity contribution is 5.38. The Labute approximate surface area is 136 Å². The molecule has 1 fully saturated rings. The van der Waals surface area contributed by atoms with Crippen LogP contribution in [0.25, 0.3) is 0 Å². The highest BCUT2D eigenvalue weighted by Crippen LogP contribution is 2.24. The molecule has 0 saturated carbocycles. The lowest BCUT2D eigenvalue weighted by Crippen LogP contribution is -2.26. The number of rotatable bonds is 6. The van der Waals surface area contributed by atoms with Gasteiger partial charge in [0.15, 0.2) is 0 Å². The number of benzene rings is 1. The van der Waals surface area contributed by atoms with Gasteiger partial charge in [0.1, 0.15) is 17.3 Å². The van der Waals surface area contributed by atoms with Crippen LogP contribution in [-0.2, 0) is 6.54 Å². The third-order valence-electron chi connectivity index (χ3n) is 4.00. The van der Waals surface area contributed by atoms with Gasteiger partial charge in [0, 0.05) is 44.1 Å². The van der Waals surface area contributed by atoms with Gasteiger partial charge in [0.25, 0.3) is 0 Å². The van der Waals surface area contributed by atoms with Crippen molar-refractivity contribution in [3.63, 3.8) is 0 Å². The topological polar surface area (TPSA) is 59.5 Å². The van der Waals surface area contributed by atoms with Gasteiger partial charge >= 0.3 is 0 Å². The van der Waals surface area contributed by atoms with Crippen molar-refractivity contribution in [2.45, 2.75) is 19.0 Å². The van der Waals surface area contributed by atoms with Gasteiger partial charge in [-0.05, 0) is 24.1 Å².